The maximum atomic E-state index is 11.3. The highest BCUT2D eigenvalue weighted by molar-refractivity contribution is 5.87. The lowest BCUT2D eigenvalue weighted by molar-refractivity contribution is -0.139. The van der Waals surface area contributed by atoms with Crippen molar-refractivity contribution in [3.05, 3.63) is 97.5 Å². The third kappa shape index (κ3) is 9.61. The van der Waals surface area contributed by atoms with Gasteiger partial charge >= 0.3 is 11.9 Å². The molecular formula is C28H30O6. The molecule has 0 aliphatic rings. The van der Waals surface area contributed by atoms with Crippen molar-refractivity contribution < 1.29 is 28.5 Å². The molecule has 0 aliphatic carbocycles. The average Bonchev–Trinajstić information content (AvgIpc) is 2.83. The van der Waals surface area contributed by atoms with E-state index in [4.69, 9.17) is 18.9 Å². The number of ether oxygens (including phenoxy) is 4. The summed E-state index contributed by atoms with van der Waals surface area (Å²) in [5.41, 5.74) is 2.86. The molecule has 0 radical (unpaired) electrons. The summed E-state index contributed by atoms with van der Waals surface area (Å²) in [6, 6.07) is 15.4. The Morgan fingerprint density at radius 2 is 1.03 bits per heavy atom. The molecule has 0 fully saturated rings. The number of hydrogen-bond donors (Lipinski definition) is 0. The first-order valence-electron chi connectivity index (χ1n) is 10.9. The number of esters is 2. The Kier molecular flexibility index (Phi) is 10.9. The molecule has 0 saturated carbocycles. The van der Waals surface area contributed by atoms with Crippen LogP contribution in [0.4, 0.5) is 0 Å². The maximum Gasteiger partial charge on any atom is 0.333 e. The summed E-state index contributed by atoms with van der Waals surface area (Å²) >= 11 is 0. The van der Waals surface area contributed by atoms with E-state index in [-0.39, 0.29) is 25.2 Å². The first kappa shape index (κ1) is 26.2. The van der Waals surface area contributed by atoms with E-state index in [1.807, 2.05) is 48.5 Å². The topological polar surface area (TPSA) is 71.1 Å². The van der Waals surface area contributed by atoms with Gasteiger partial charge in [0.1, 0.15) is 11.5 Å². The summed E-state index contributed by atoms with van der Waals surface area (Å²) in [5, 5.41) is 0. The van der Waals surface area contributed by atoms with Crippen LogP contribution in [0.25, 0.3) is 11.1 Å². The zero-order valence-corrected chi connectivity index (χ0v) is 19.6. The summed E-state index contributed by atoms with van der Waals surface area (Å²) in [6.07, 6.45) is 7.86. The minimum Gasteiger partial charge on any atom is -0.465 e. The third-order valence-corrected chi connectivity index (χ3v) is 4.37. The number of benzene rings is 2. The molecule has 0 bridgehead atoms. The molecule has 2 aromatic carbocycles. The second kappa shape index (κ2) is 14.2. The Bertz CT molecular complexity index is 944. The van der Waals surface area contributed by atoms with Crippen LogP contribution in [-0.2, 0) is 19.1 Å². The maximum absolute atomic E-state index is 11.3. The largest absolute Gasteiger partial charge is 0.465 e. The van der Waals surface area contributed by atoms with Gasteiger partial charge in [-0.3, -0.25) is 0 Å². The van der Waals surface area contributed by atoms with E-state index in [0.29, 0.717) is 35.5 Å². The summed E-state index contributed by atoms with van der Waals surface area (Å²) < 4.78 is 21.1. The van der Waals surface area contributed by atoms with Crippen molar-refractivity contribution in [2.24, 2.45) is 0 Å². The van der Waals surface area contributed by atoms with Crippen LogP contribution in [0, 0.1) is 0 Å². The summed E-state index contributed by atoms with van der Waals surface area (Å²) in [6.45, 7) is 10.9. The Balaban J connectivity index is 1.74. The van der Waals surface area contributed by atoms with Gasteiger partial charge < -0.3 is 18.9 Å². The van der Waals surface area contributed by atoms with Crippen LogP contribution >= 0.6 is 0 Å². The lowest BCUT2D eigenvalue weighted by atomic mass is 10.1. The highest BCUT2D eigenvalue weighted by Crippen LogP contribution is 2.25. The Hall–Kier alpha value is -4.06. The molecule has 6 nitrogen and oxygen atoms in total. The fourth-order valence-electron chi connectivity index (χ4n) is 2.53. The smallest absolute Gasteiger partial charge is 0.333 e. The first-order chi connectivity index (χ1) is 16.4. The van der Waals surface area contributed by atoms with Crippen molar-refractivity contribution in [3.63, 3.8) is 0 Å². The average molecular weight is 463 g/mol. The van der Waals surface area contributed by atoms with Crippen molar-refractivity contribution in [2.45, 2.75) is 26.7 Å². The second-order valence-electron chi connectivity index (χ2n) is 7.44. The van der Waals surface area contributed by atoms with E-state index in [1.54, 1.807) is 38.5 Å². The Labute approximate surface area is 200 Å². The van der Waals surface area contributed by atoms with E-state index >= 15 is 0 Å². The molecule has 2 rings (SSSR count). The van der Waals surface area contributed by atoms with Crippen LogP contribution in [0.2, 0.25) is 0 Å². The van der Waals surface area contributed by atoms with Crippen molar-refractivity contribution >= 4 is 11.9 Å². The van der Waals surface area contributed by atoms with Crippen molar-refractivity contribution in [1.82, 2.24) is 0 Å². The van der Waals surface area contributed by atoms with Crippen molar-refractivity contribution in [2.75, 3.05) is 13.2 Å². The molecule has 178 valence electrons. The van der Waals surface area contributed by atoms with Gasteiger partial charge in [0.05, 0.1) is 25.7 Å². The van der Waals surface area contributed by atoms with Gasteiger partial charge in [-0.05, 0) is 61.4 Å². The fourth-order valence-corrected chi connectivity index (χ4v) is 2.53. The molecule has 0 atom stereocenters. The Morgan fingerprint density at radius 1 is 0.676 bits per heavy atom. The van der Waals surface area contributed by atoms with Gasteiger partial charge in [-0.25, -0.2) is 9.59 Å². The van der Waals surface area contributed by atoms with Crippen LogP contribution in [-0.4, -0.2) is 25.2 Å². The van der Waals surface area contributed by atoms with Gasteiger partial charge in [0, 0.05) is 24.0 Å². The molecule has 0 unspecified atom stereocenters. The van der Waals surface area contributed by atoms with E-state index < -0.39 is 0 Å². The Morgan fingerprint density at radius 3 is 1.35 bits per heavy atom. The van der Waals surface area contributed by atoms with Crippen molar-refractivity contribution in [3.8, 4) is 22.6 Å². The summed E-state index contributed by atoms with van der Waals surface area (Å²) in [4.78, 5) is 22.6. The minimum atomic E-state index is -0.389. The first-order valence-corrected chi connectivity index (χ1v) is 10.9. The van der Waals surface area contributed by atoms with Gasteiger partial charge in [-0.15, -0.1) is 0 Å². The van der Waals surface area contributed by atoms with Gasteiger partial charge in [-0.2, -0.15) is 0 Å². The normalized spacial score (nSPS) is 10.8. The molecular weight excluding hydrogens is 432 g/mol. The van der Waals surface area contributed by atoms with Gasteiger partial charge in [0.2, 0.25) is 0 Å². The molecule has 0 amide bonds. The van der Waals surface area contributed by atoms with Crippen LogP contribution in [0.1, 0.15) is 26.7 Å². The summed E-state index contributed by atoms with van der Waals surface area (Å²) in [7, 11) is 0. The quantitative estimate of drug-likeness (QED) is 0.154. The van der Waals surface area contributed by atoms with Gasteiger partial charge in [0.25, 0.3) is 0 Å². The van der Waals surface area contributed by atoms with Crippen LogP contribution in [0.15, 0.2) is 97.5 Å². The standard InChI is InChI=1S/C28H30O6/c1-21(2)27(29)33-19-7-5-17-31-25-13-9-23(10-14-25)24-11-15-26(16-12-24)32-18-6-8-20-34-28(30)22(3)4/h5-6,9-18H,1,3,7-8,19-20H2,2,4H3/b17-5+,18-6+. The number of carbonyl (C=O) groups excluding carboxylic acids is 2. The highest BCUT2D eigenvalue weighted by atomic mass is 16.5. The van der Waals surface area contributed by atoms with Crippen LogP contribution < -0.4 is 9.47 Å². The zero-order valence-electron chi connectivity index (χ0n) is 19.6. The number of hydrogen-bond acceptors (Lipinski definition) is 6. The van der Waals surface area contributed by atoms with E-state index in [9.17, 15) is 9.59 Å². The number of carbonyl (C=O) groups is 2. The predicted octanol–water partition coefficient (Wildman–Crippen LogP) is 6.16. The zero-order chi connectivity index (χ0) is 24.8. The molecule has 6 heteroatoms. The number of rotatable bonds is 13. The van der Waals surface area contributed by atoms with Gasteiger partial charge in [-0.1, -0.05) is 37.4 Å². The minimum absolute atomic E-state index is 0.283. The predicted molar refractivity (Wildman–Crippen MR) is 132 cm³/mol. The highest BCUT2D eigenvalue weighted by Gasteiger charge is 2.02. The van der Waals surface area contributed by atoms with Crippen LogP contribution in [0.3, 0.4) is 0 Å². The molecule has 0 spiro atoms. The molecule has 0 N–H and O–H groups in total. The molecule has 0 heterocycles. The lowest BCUT2D eigenvalue weighted by Gasteiger charge is -2.06. The SMILES string of the molecule is C=C(C)C(=O)OCC/C=C/Oc1ccc(-c2ccc(O/C=C/CCOC(=O)C(=C)C)cc2)cc1. The van der Waals surface area contributed by atoms with E-state index in [0.717, 1.165) is 11.1 Å². The fraction of sp³-hybridized carbons (Fsp3) is 0.214. The molecule has 0 aromatic heterocycles. The molecule has 2 aromatic rings. The summed E-state index contributed by atoms with van der Waals surface area (Å²) in [5.74, 6) is 0.635. The van der Waals surface area contributed by atoms with Gasteiger partial charge in [0.15, 0.2) is 0 Å². The van der Waals surface area contributed by atoms with E-state index in [1.165, 1.54) is 0 Å². The monoisotopic (exact) mass is 462 g/mol. The van der Waals surface area contributed by atoms with Crippen LogP contribution in [0.5, 0.6) is 11.5 Å². The lowest BCUT2D eigenvalue weighted by Crippen LogP contribution is -2.05. The molecule has 0 saturated heterocycles. The third-order valence-electron chi connectivity index (χ3n) is 4.37. The molecule has 34 heavy (non-hydrogen) atoms. The second-order valence-corrected chi connectivity index (χ2v) is 7.44. The molecule has 0 aliphatic heterocycles. The van der Waals surface area contributed by atoms with E-state index in [2.05, 4.69) is 13.2 Å². The van der Waals surface area contributed by atoms with Crippen molar-refractivity contribution in [1.29, 1.82) is 0 Å².